The highest BCUT2D eigenvalue weighted by Crippen LogP contribution is 2.58. The molecule has 0 radical (unpaired) electrons. The summed E-state index contributed by atoms with van der Waals surface area (Å²) in [4.78, 5) is 34.3. The number of likely N-dealkylation sites (tertiary alicyclic amines) is 1. The predicted molar refractivity (Wildman–Crippen MR) is 112 cm³/mol. The van der Waals surface area contributed by atoms with Gasteiger partial charge in [-0.3, -0.25) is 4.79 Å². The molecule has 0 bridgehead atoms. The van der Waals surface area contributed by atoms with Crippen molar-refractivity contribution in [3.05, 3.63) is 40.8 Å². The number of aromatic nitrogens is 2. The molecule has 4 rings (SSSR count). The summed E-state index contributed by atoms with van der Waals surface area (Å²) >= 11 is 3.44. The summed E-state index contributed by atoms with van der Waals surface area (Å²) < 4.78 is 1.01. The monoisotopic (exact) mass is 460 g/mol. The molecule has 2 fully saturated rings. The molecule has 2 aliphatic rings. The van der Waals surface area contributed by atoms with Gasteiger partial charge in [0.1, 0.15) is 11.9 Å². The van der Waals surface area contributed by atoms with Crippen molar-refractivity contribution in [2.45, 2.75) is 45.2 Å². The Hall–Kier alpha value is -2.35. The van der Waals surface area contributed by atoms with Crippen molar-refractivity contribution in [2.24, 2.45) is 11.3 Å². The number of halogens is 1. The van der Waals surface area contributed by atoms with Crippen LogP contribution in [0.4, 0.5) is 4.79 Å². The summed E-state index contributed by atoms with van der Waals surface area (Å²) in [6.45, 7) is 4.37. The third-order valence-electron chi connectivity index (χ3n) is 6.03. The molecule has 7 nitrogen and oxygen atoms in total. The van der Waals surface area contributed by atoms with Crippen molar-refractivity contribution in [3.8, 4) is 11.3 Å². The number of hydrogen-bond donors (Lipinski definition) is 3. The molecule has 1 aromatic heterocycles. The molecule has 2 heterocycles. The highest BCUT2D eigenvalue weighted by atomic mass is 79.9. The molecular formula is C21H25BrN4O3. The number of aromatic amines is 1. The maximum atomic E-state index is 13.3. The van der Waals surface area contributed by atoms with Crippen molar-refractivity contribution in [2.75, 3.05) is 6.54 Å². The molecule has 3 N–H and O–H groups in total. The van der Waals surface area contributed by atoms with E-state index in [1.165, 1.54) is 0 Å². The van der Waals surface area contributed by atoms with E-state index in [2.05, 4.69) is 31.2 Å². The molecule has 2 atom stereocenters. The van der Waals surface area contributed by atoms with Crippen molar-refractivity contribution in [3.63, 3.8) is 0 Å². The molecule has 1 aliphatic carbocycles. The first-order valence-electron chi connectivity index (χ1n) is 9.89. The van der Waals surface area contributed by atoms with Crippen LogP contribution in [0.3, 0.4) is 0 Å². The van der Waals surface area contributed by atoms with Gasteiger partial charge in [-0.05, 0) is 48.3 Å². The topological polar surface area (TPSA) is 98.3 Å². The van der Waals surface area contributed by atoms with Crippen LogP contribution in [0.2, 0.25) is 0 Å². The Balaban J connectivity index is 1.60. The number of hydrogen-bond acceptors (Lipinski definition) is 3. The molecule has 8 heteroatoms. The highest BCUT2D eigenvalue weighted by molar-refractivity contribution is 9.10. The Morgan fingerprint density at radius 2 is 2.00 bits per heavy atom. The van der Waals surface area contributed by atoms with Crippen LogP contribution in [0.25, 0.3) is 11.3 Å². The number of H-pyrrole nitrogens is 1. The first-order chi connectivity index (χ1) is 13.8. The summed E-state index contributed by atoms with van der Waals surface area (Å²) in [6, 6.07) is 7.05. The van der Waals surface area contributed by atoms with Crippen LogP contribution in [-0.4, -0.2) is 44.6 Å². The number of rotatable bonds is 5. The lowest BCUT2D eigenvalue weighted by molar-refractivity contribution is -0.135. The second-order valence-electron chi connectivity index (χ2n) is 8.55. The zero-order chi connectivity index (χ0) is 20.8. The largest absolute Gasteiger partial charge is 0.465 e. The zero-order valence-electron chi connectivity index (χ0n) is 16.5. The Morgan fingerprint density at radius 1 is 1.31 bits per heavy atom. The zero-order valence-corrected chi connectivity index (χ0v) is 18.1. The summed E-state index contributed by atoms with van der Waals surface area (Å²) in [6.07, 6.45) is 3.70. The van der Waals surface area contributed by atoms with E-state index < -0.39 is 12.1 Å². The fourth-order valence-corrected chi connectivity index (χ4v) is 4.44. The molecule has 0 unspecified atom stereocenters. The third-order valence-corrected chi connectivity index (χ3v) is 6.56. The number of amides is 2. The molecule has 1 saturated carbocycles. The molecular weight excluding hydrogens is 436 g/mol. The van der Waals surface area contributed by atoms with Gasteiger partial charge in [-0.2, -0.15) is 0 Å². The average Bonchev–Trinajstić information content (AvgIpc) is 3.09. The summed E-state index contributed by atoms with van der Waals surface area (Å²) in [5.74, 6) is 0.459. The minimum absolute atomic E-state index is 0.134. The van der Waals surface area contributed by atoms with Crippen LogP contribution >= 0.6 is 15.9 Å². The highest BCUT2D eigenvalue weighted by Gasteiger charge is 2.55. The van der Waals surface area contributed by atoms with E-state index in [4.69, 9.17) is 5.11 Å². The Morgan fingerprint density at radius 3 is 2.59 bits per heavy atom. The molecule has 1 spiro atoms. The molecule has 29 heavy (non-hydrogen) atoms. The average molecular weight is 461 g/mol. The smallest absolute Gasteiger partial charge is 0.405 e. The second-order valence-corrected chi connectivity index (χ2v) is 9.46. The van der Waals surface area contributed by atoms with Crippen molar-refractivity contribution in [1.82, 2.24) is 20.2 Å². The minimum atomic E-state index is -1.18. The molecule has 154 valence electrons. The lowest BCUT2D eigenvalue weighted by atomic mass is 10.0. The van der Waals surface area contributed by atoms with E-state index in [-0.39, 0.29) is 23.3 Å². The number of imidazole rings is 1. The molecule has 2 amide bonds. The number of nitrogens with zero attached hydrogens (tertiary/aromatic N) is 2. The Kier molecular flexibility index (Phi) is 5.14. The van der Waals surface area contributed by atoms with Gasteiger partial charge in [0, 0.05) is 11.0 Å². The molecule has 2 aromatic rings. The SMILES string of the molecule is CC(C)[C@H](NC(=O)O)C(=O)N1CC2(CC2)C[C@H]1c1ncc(-c2ccc(Br)cc2)[nH]1. The Labute approximate surface area is 178 Å². The van der Waals surface area contributed by atoms with Gasteiger partial charge in [0.2, 0.25) is 5.91 Å². The summed E-state index contributed by atoms with van der Waals surface area (Å²) in [5, 5.41) is 11.6. The van der Waals surface area contributed by atoms with Crippen LogP contribution < -0.4 is 5.32 Å². The van der Waals surface area contributed by atoms with Gasteiger partial charge >= 0.3 is 6.09 Å². The first-order valence-corrected chi connectivity index (χ1v) is 10.7. The van der Waals surface area contributed by atoms with E-state index in [1.54, 1.807) is 6.20 Å². The van der Waals surface area contributed by atoms with Gasteiger partial charge in [-0.25, -0.2) is 9.78 Å². The van der Waals surface area contributed by atoms with Crippen LogP contribution in [0, 0.1) is 11.3 Å². The lowest BCUT2D eigenvalue weighted by Crippen LogP contribution is -2.51. The van der Waals surface area contributed by atoms with E-state index >= 15 is 0 Å². The van der Waals surface area contributed by atoms with E-state index in [1.807, 2.05) is 43.0 Å². The fourth-order valence-electron chi connectivity index (χ4n) is 4.18. The number of carbonyl (C=O) groups is 2. The maximum Gasteiger partial charge on any atom is 0.405 e. The van der Waals surface area contributed by atoms with Crippen molar-refractivity contribution >= 4 is 27.9 Å². The van der Waals surface area contributed by atoms with Crippen molar-refractivity contribution < 1.29 is 14.7 Å². The van der Waals surface area contributed by atoms with Gasteiger partial charge in [0.15, 0.2) is 0 Å². The van der Waals surface area contributed by atoms with Gasteiger partial charge in [0.25, 0.3) is 0 Å². The summed E-state index contributed by atoms with van der Waals surface area (Å²) in [7, 11) is 0. The van der Waals surface area contributed by atoms with Crippen LogP contribution in [-0.2, 0) is 4.79 Å². The number of benzene rings is 1. The lowest BCUT2D eigenvalue weighted by Gasteiger charge is -2.29. The Bertz CT molecular complexity index is 920. The van der Waals surface area contributed by atoms with E-state index in [9.17, 15) is 9.59 Å². The molecule has 1 saturated heterocycles. The third kappa shape index (κ3) is 4.03. The van der Waals surface area contributed by atoms with Crippen LogP contribution in [0.1, 0.15) is 45.0 Å². The maximum absolute atomic E-state index is 13.3. The van der Waals surface area contributed by atoms with E-state index in [0.717, 1.165) is 40.8 Å². The minimum Gasteiger partial charge on any atom is -0.465 e. The number of carbonyl (C=O) groups excluding carboxylic acids is 1. The van der Waals surface area contributed by atoms with Gasteiger partial charge < -0.3 is 20.3 Å². The number of carboxylic acid groups (broad SMARTS) is 1. The standard InChI is InChI=1S/C21H25BrN4O3/c1-12(2)17(25-20(28)29)19(27)26-11-21(7-8-21)9-16(26)18-23-10-15(24-18)13-3-5-14(22)6-4-13/h3-6,10,12,16-17,25H,7-9,11H2,1-2H3,(H,23,24)(H,28,29)/t16-,17-/m0/s1. The van der Waals surface area contributed by atoms with E-state index in [0.29, 0.717) is 6.54 Å². The summed E-state index contributed by atoms with van der Waals surface area (Å²) in [5.41, 5.74) is 2.09. The normalized spacial score (nSPS) is 20.8. The predicted octanol–water partition coefficient (Wildman–Crippen LogP) is 4.19. The van der Waals surface area contributed by atoms with Gasteiger partial charge in [-0.1, -0.05) is 41.9 Å². The van der Waals surface area contributed by atoms with Gasteiger partial charge in [-0.15, -0.1) is 0 Å². The molecule has 1 aliphatic heterocycles. The molecule has 1 aromatic carbocycles. The number of nitrogens with one attached hydrogen (secondary N) is 2. The van der Waals surface area contributed by atoms with Crippen molar-refractivity contribution in [1.29, 1.82) is 0 Å². The fraction of sp³-hybridized carbons (Fsp3) is 0.476. The van der Waals surface area contributed by atoms with Gasteiger partial charge in [0.05, 0.1) is 17.9 Å². The van der Waals surface area contributed by atoms with Crippen LogP contribution in [0.15, 0.2) is 34.9 Å². The first kappa shape index (κ1) is 19.9. The quantitative estimate of drug-likeness (QED) is 0.622. The van der Waals surface area contributed by atoms with Crippen LogP contribution in [0.5, 0.6) is 0 Å². The second kappa shape index (κ2) is 7.48.